The Morgan fingerprint density at radius 2 is 2.35 bits per heavy atom. The molecule has 0 aromatic carbocycles. The van der Waals surface area contributed by atoms with Gasteiger partial charge in [0.25, 0.3) is 0 Å². The molecule has 1 fully saturated rings. The third kappa shape index (κ3) is 6.42. The van der Waals surface area contributed by atoms with E-state index >= 15 is 0 Å². The van der Waals surface area contributed by atoms with E-state index in [2.05, 4.69) is 40.2 Å². The topological polar surface area (TPSA) is 27.6 Å². The molecule has 0 bridgehead atoms. The summed E-state index contributed by atoms with van der Waals surface area (Å²) >= 11 is 3.96. The van der Waals surface area contributed by atoms with Crippen molar-refractivity contribution in [1.29, 1.82) is 0 Å². The zero-order valence-corrected chi connectivity index (χ0v) is 14.9. The van der Waals surface area contributed by atoms with E-state index < -0.39 is 0 Å². The predicted molar refractivity (Wildman–Crippen MR) is 93.3 cm³/mol. The lowest BCUT2D eigenvalue weighted by Crippen LogP contribution is -2.48. The molecule has 1 atom stereocenters. The third-order valence-electron chi connectivity index (χ3n) is 2.69. The Kier molecular flexibility index (Phi) is 11.0. The lowest BCUT2D eigenvalue weighted by atomic mass is 10.3. The lowest BCUT2D eigenvalue weighted by molar-refractivity contribution is 0.409. The van der Waals surface area contributed by atoms with Crippen LogP contribution in [0.3, 0.4) is 0 Å². The average molecular weight is 389 g/mol. The molecule has 1 heterocycles. The standard InChI is InChI=1S/C11H23N3S2.HI/c1-4-10-9-14(6-8-16-10)11(12-2)13-5-7-15-3;/h10H,4-9H2,1-3H3,(H,12,13);1H. The second-order valence-electron chi connectivity index (χ2n) is 3.81. The van der Waals surface area contributed by atoms with Crippen LogP contribution in [0, 0.1) is 0 Å². The van der Waals surface area contributed by atoms with Crippen LogP contribution in [0.5, 0.6) is 0 Å². The van der Waals surface area contributed by atoms with E-state index in [1.54, 1.807) is 0 Å². The first-order chi connectivity index (χ1) is 7.81. The molecule has 0 aromatic rings. The van der Waals surface area contributed by atoms with Crippen LogP contribution < -0.4 is 5.32 Å². The first kappa shape index (κ1) is 17.7. The maximum absolute atomic E-state index is 4.37. The summed E-state index contributed by atoms with van der Waals surface area (Å²) in [4.78, 5) is 6.76. The van der Waals surface area contributed by atoms with Gasteiger partial charge in [0.2, 0.25) is 0 Å². The number of guanidine groups is 1. The molecule has 1 N–H and O–H groups in total. The minimum Gasteiger partial charge on any atom is -0.355 e. The number of hydrogen-bond acceptors (Lipinski definition) is 3. The molecule has 102 valence electrons. The van der Waals surface area contributed by atoms with Crippen LogP contribution >= 0.6 is 47.5 Å². The normalized spacial score (nSPS) is 21.0. The molecule has 1 saturated heterocycles. The fraction of sp³-hybridized carbons (Fsp3) is 0.909. The Morgan fingerprint density at radius 3 is 2.94 bits per heavy atom. The summed E-state index contributed by atoms with van der Waals surface area (Å²) in [7, 11) is 1.88. The lowest BCUT2D eigenvalue weighted by Gasteiger charge is -2.34. The number of aliphatic imine (C=N–C) groups is 1. The third-order valence-corrected chi connectivity index (χ3v) is 4.68. The summed E-state index contributed by atoms with van der Waals surface area (Å²) in [5.41, 5.74) is 0. The Balaban J connectivity index is 0.00000256. The van der Waals surface area contributed by atoms with Crippen molar-refractivity contribution < 1.29 is 0 Å². The molecule has 0 aliphatic carbocycles. The monoisotopic (exact) mass is 389 g/mol. The van der Waals surface area contributed by atoms with Gasteiger partial charge in [-0.2, -0.15) is 23.5 Å². The average Bonchev–Trinajstić information content (AvgIpc) is 2.35. The first-order valence-corrected chi connectivity index (χ1v) is 8.32. The Hall–Kier alpha value is 0.700. The van der Waals surface area contributed by atoms with E-state index in [1.807, 2.05) is 18.8 Å². The molecule has 1 aliphatic heterocycles. The predicted octanol–water partition coefficient (Wildman–Crippen LogP) is 2.37. The fourth-order valence-corrected chi connectivity index (χ4v) is 3.24. The zero-order chi connectivity index (χ0) is 11.8. The van der Waals surface area contributed by atoms with E-state index in [1.165, 1.54) is 12.2 Å². The van der Waals surface area contributed by atoms with Gasteiger partial charge in [-0.1, -0.05) is 6.92 Å². The van der Waals surface area contributed by atoms with Crippen molar-refractivity contribution in [1.82, 2.24) is 10.2 Å². The van der Waals surface area contributed by atoms with E-state index in [4.69, 9.17) is 0 Å². The minimum absolute atomic E-state index is 0. The van der Waals surface area contributed by atoms with Gasteiger partial charge in [0, 0.05) is 43.4 Å². The summed E-state index contributed by atoms with van der Waals surface area (Å²) in [5.74, 6) is 3.44. The van der Waals surface area contributed by atoms with Gasteiger partial charge in [0.1, 0.15) is 0 Å². The molecule has 1 aliphatic rings. The quantitative estimate of drug-likeness (QED) is 0.346. The van der Waals surface area contributed by atoms with Gasteiger partial charge in [-0.05, 0) is 12.7 Å². The van der Waals surface area contributed by atoms with Crippen LogP contribution in [0.15, 0.2) is 4.99 Å². The van der Waals surface area contributed by atoms with E-state index in [9.17, 15) is 0 Å². The number of nitrogens with one attached hydrogen (secondary N) is 1. The molecular formula is C11H24IN3S2. The Morgan fingerprint density at radius 1 is 1.59 bits per heavy atom. The van der Waals surface area contributed by atoms with Crippen molar-refractivity contribution in [3.63, 3.8) is 0 Å². The SMILES string of the molecule is CCC1CN(C(=NC)NCCSC)CCS1.I. The Labute approximate surface area is 131 Å². The van der Waals surface area contributed by atoms with Crippen LogP contribution in [-0.4, -0.2) is 60.6 Å². The molecule has 3 nitrogen and oxygen atoms in total. The van der Waals surface area contributed by atoms with E-state index in [-0.39, 0.29) is 24.0 Å². The zero-order valence-electron chi connectivity index (χ0n) is 10.9. The highest BCUT2D eigenvalue weighted by molar-refractivity contribution is 14.0. The van der Waals surface area contributed by atoms with Crippen molar-refractivity contribution in [3.8, 4) is 0 Å². The number of thioether (sulfide) groups is 2. The molecule has 0 radical (unpaired) electrons. The molecule has 0 saturated carbocycles. The maximum atomic E-state index is 4.37. The number of rotatable bonds is 4. The van der Waals surface area contributed by atoms with Crippen molar-refractivity contribution in [3.05, 3.63) is 0 Å². The van der Waals surface area contributed by atoms with Gasteiger partial charge in [-0.15, -0.1) is 24.0 Å². The van der Waals surface area contributed by atoms with Crippen LogP contribution in [-0.2, 0) is 0 Å². The summed E-state index contributed by atoms with van der Waals surface area (Å²) in [6.07, 6.45) is 3.39. The minimum atomic E-state index is 0. The number of halogens is 1. The summed E-state index contributed by atoms with van der Waals surface area (Å²) in [6.45, 7) is 5.54. The Bertz CT molecular complexity index is 227. The number of hydrogen-bond donors (Lipinski definition) is 1. The van der Waals surface area contributed by atoms with Crippen LogP contribution in [0.4, 0.5) is 0 Å². The van der Waals surface area contributed by atoms with Crippen molar-refractivity contribution in [2.24, 2.45) is 4.99 Å². The maximum Gasteiger partial charge on any atom is 0.193 e. The van der Waals surface area contributed by atoms with Crippen molar-refractivity contribution >= 4 is 53.5 Å². The van der Waals surface area contributed by atoms with Gasteiger partial charge in [0.05, 0.1) is 0 Å². The second kappa shape index (κ2) is 10.6. The summed E-state index contributed by atoms with van der Waals surface area (Å²) in [6, 6.07) is 0. The fourth-order valence-electron chi connectivity index (χ4n) is 1.76. The highest BCUT2D eigenvalue weighted by Gasteiger charge is 2.20. The highest BCUT2D eigenvalue weighted by atomic mass is 127. The van der Waals surface area contributed by atoms with Crippen LogP contribution in [0.25, 0.3) is 0 Å². The van der Waals surface area contributed by atoms with Gasteiger partial charge < -0.3 is 10.2 Å². The molecule has 0 amide bonds. The van der Waals surface area contributed by atoms with Crippen molar-refractivity contribution in [2.45, 2.75) is 18.6 Å². The molecule has 17 heavy (non-hydrogen) atoms. The molecule has 6 heteroatoms. The summed E-state index contributed by atoms with van der Waals surface area (Å²) in [5, 5.41) is 4.20. The largest absolute Gasteiger partial charge is 0.355 e. The van der Waals surface area contributed by atoms with Crippen LogP contribution in [0.2, 0.25) is 0 Å². The highest BCUT2D eigenvalue weighted by Crippen LogP contribution is 2.20. The first-order valence-electron chi connectivity index (χ1n) is 5.88. The second-order valence-corrected chi connectivity index (χ2v) is 6.21. The molecule has 1 unspecified atom stereocenters. The molecular weight excluding hydrogens is 365 g/mol. The number of nitrogens with zero attached hydrogens (tertiary/aromatic N) is 2. The van der Waals surface area contributed by atoms with Crippen LogP contribution in [0.1, 0.15) is 13.3 Å². The molecule has 0 spiro atoms. The molecule has 0 aromatic heterocycles. The molecule has 1 rings (SSSR count). The van der Waals surface area contributed by atoms with Gasteiger partial charge >= 0.3 is 0 Å². The van der Waals surface area contributed by atoms with Gasteiger partial charge in [0.15, 0.2) is 5.96 Å². The van der Waals surface area contributed by atoms with Crippen molar-refractivity contribution in [2.75, 3.05) is 44.4 Å². The van der Waals surface area contributed by atoms with E-state index in [0.29, 0.717) is 0 Å². The summed E-state index contributed by atoms with van der Waals surface area (Å²) < 4.78 is 0. The van der Waals surface area contributed by atoms with Gasteiger partial charge in [-0.3, -0.25) is 4.99 Å². The smallest absolute Gasteiger partial charge is 0.193 e. The van der Waals surface area contributed by atoms with E-state index in [0.717, 1.165) is 36.6 Å². The van der Waals surface area contributed by atoms with Gasteiger partial charge in [-0.25, -0.2) is 0 Å².